The number of amides is 1. The van der Waals surface area contributed by atoms with Crippen molar-refractivity contribution >= 4 is 12.1 Å². The first-order chi connectivity index (χ1) is 14.2. The molecule has 1 saturated heterocycles. The molecule has 0 unspecified atom stereocenters. The maximum absolute atomic E-state index is 12.2. The van der Waals surface area contributed by atoms with Crippen LogP contribution in [0, 0.1) is 0 Å². The van der Waals surface area contributed by atoms with Gasteiger partial charge in [-0.25, -0.2) is 4.79 Å². The number of carbonyl (C=O) groups excluding carboxylic acids is 1. The summed E-state index contributed by atoms with van der Waals surface area (Å²) in [6, 6.07) is 0. The van der Waals surface area contributed by atoms with Crippen molar-refractivity contribution in [2.24, 2.45) is 4.99 Å². The normalized spacial score (nSPS) is 16.1. The predicted molar refractivity (Wildman–Crippen MR) is 122 cm³/mol. The summed E-state index contributed by atoms with van der Waals surface area (Å²) in [7, 11) is 3.86. The Kier molecular flexibility index (Phi) is 12.7. The van der Waals surface area contributed by atoms with Crippen molar-refractivity contribution in [2.45, 2.75) is 39.7 Å². The van der Waals surface area contributed by atoms with Crippen molar-refractivity contribution in [3.8, 4) is 0 Å². The Bertz CT molecular complexity index is 501. The fourth-order valence-corrected chi connectivity index (χ4v) is 3.08. The highest BCUT2D eigenvalue weighted by atomic mass is 16.6. The number of aliphatic imine (C=N–C) groups is 1. The fourth-order valence-electron chi connectivity index (χ4n) is 3.08. The molecule has 176 valence electrons. The second kappa shape index (κ2) is 14.4. The van der Waals surface area contributed by atoms with E-state index in [0.717, 1.165) is 71.3 Å². The molecule has 0 bridgehead atoms. The molecule has 0 saturated carbocycles. The quantitative estimate of drug-likeness (QED) is 0.289. The van der Waals surface area contributed by atoms with Crippen molar-refractivity contribution in [2.75, 3.05) is 86.2 Å². The third kappa shape index (κ3) is 12.2. The molecule has 9 nitrogen and oxygen atoms in total. The van der Waals surface area contributed by atoms with Crippen molar-refractivity contribution in [1.29, 1.82) is 0 Å². The second-order valence-electron chi connectivity index (χ2n) is 8.65. The summed E-state index contributed by atoms with van der Waals surface area (Å²) < 4.78 is 10.6. The maximum Gasteiger partial charge on any atom is 0.410 e. The van der Waals surface area contributed by atoms with E-state index in [1.807, 2.05) is 20.8 Å². The largest absolute Gasteiger partial charge is 0.444 e. The minimum atomic E-state index is -0.447. The van der Waals surface area contributed by atoms with Gasteiger partial charge in [-0.05, 0) is 41.2 Å². The summed E-state index contributed by atoms with van der Waals surface area (Å²) >= 11 is 0. The molecule has 1 aliphatic rings. The van der Waals surface area contributed by atoms with Crippen LogP contribution >= 0.6 is 0 Å². The average Bonchev–Trinajstić information content (AvgIpc) is 2.67. The molecular weight excluding hydrogens is 384 g/mol. The first-order valence-electron chi connectivity index (χ1n) is 11.1. The van der Waals surface area contributed by atoms with Gasteiger partial charge in [-0.15, -0.1) is 0 Å². The molecule has 1 heterocycles. The zero-order valence-corrected chi connectivity index (χ0v) is 20.0. The van der Waals surface area contributed by atoms with Crippen LogP contribution in [-0.4, -0.2) is 119 Å². The Balaban J connectivity index is 2.28. The van der Waals surface area contributed by atoms with Gasteiger partial charge in [0.1, 0.15) is 5.60 Å². The summed E-state index contributed by atoms with van der Waals surface area (Å²) in [5.74, 6) is 0.857. The van der Waals surface area contributed by atoms with Crippen LogP contribution in [0.2, 0.25) is 0 Å². The highest BCUT2D eigenvalue weighted by Gasteiger charge is 2.25. The molecule has 30 heavy (non-hydrogen) atoms. The molecule has 0 spiro atoms. The van der Waals surface area contributed by atoms with Gasteiger partial charge in [0.2, 0.25) is 0 Å². The summed E-state index contributed by atoms with van der Waals surface area (Å²) in [4.78, 5) is 23.3. The molecule has 0 atom stereocenters. The molecule has 9 heteroatoms. The van der Waals surface area contributed by atoms with E-state index in [9.17, 15) is 4.79 Å². The van der Waals surface area contributed by atoms with E-state index in [2.05, 4.69) is 34.4 Å². The van der Waals surface area contributed by atoms with Gasteiger partial charge in [0.25, 0.3) is 0 Å². The minimum Gasteiger partial charge on any atom is -0.444 e. The highest BCUT2D eigenvalue weighted by Crippen LogP contribution is 2.11. The van der Waals surface area contributed by atoms with Crippen LogP contribution in [0.4, 0.5) is 4.79 Å². The predicted octanol–water partition coefficient (Wildman–Crippen LogP) is 1.06. The number of rotatable bonds is 11. The zero-order chi connectivity index (χ0) is 22.4. The van der Waals surface area contributed by atoms with Crippen LogP contribution < -0.4 is 10.6 Å². The Morgan fingerprint density at radius 2 is 1.83 bits per heavy atom. The molecule has 1 rings (SSSR count). The van der Waals surface area contributed by atoms with E-state index >= 15 is 0 Å². The van der Waals surface area contributed by atoms with Gasteiger partial charge >= 0.3 is 6.09 Å². The lowest BCUT2D eigenvalue weighted by Gasteiger charge is -2.35. The third-order valence-corrected chi connectivity index (χ3v) is 4.73. The van der Waals surface area contributed by atoms with Gasteiger partial charge in [-0.3, -0.25) is 9.89 Å². The molecule has 0 aromatic carbocycles. The molecule has 0 aliphatic carbocycles. The molecular formula is C21H44N6O3. The van der Waals surface area contributed by atoms with E-state index < -0.39 is 5.60 Å². The van der Waals surface area contributed by atoms with Crippen LogP contribution in [0.15, 0.2) is 4.99 Å². The minimum absolute atomic E-state index is 0.217. The second-order valence-corrected chi connectivity index (χ2v) is 8.65. The monoisotopic (exact) mass is 428 g/mol. The zero-order valence-electron chi connectivity index (χ0n) is 20.0. The van der Waals surface area contributed by atoms with E-state index in [0.29, 0.717) is 13.1 Å². The van der Waals surface area contributed by atoms with Gasteiger partial charge in [0.05, 0.1) is 6.54 Å². The number of hydrogen-bond donors (Lipinski definition) is 2. The number of carbonyl (C=O) groups is 1. The molecule has 1 fully saturated rings. The van der Waals surface area contributed by atoms with Crippen LogP contribution in [-0.2, 0) is 9.47 Å². The van der Waals surface area contributed by atoms with Gasteiger partial charge in [0.15, 0.2) is 5.96 Å². The lowest BCUT2D eigenvalue weighted by molar-refractivity contribution is 0.0148. The number of ether oxygens (including phenoxy) is 2. The van der Waals surface area contributed by atoms with Crippen molar-refractivity contribution in [1.82, 2.24) is 25.3 Å². The fraction of sp³-hybridized carbons (Fsp3) is 0.905. The maximum atomic E-state index is 12.2. The molecule has 0 aromatic heterocycles. The van der Waals surface area contributed by atoms with Gasteiger partial charge in [-0.1, -0.05) is 0 Å². The summed E-state index contributed by atoms with van der Waals surface area (Å²) in [6.07, 6.45) is 0.827. The van der Waals surface area contributed by atoms with Crippen molar-refractivity contribution in [3.05, 3.63) is 0 Å². The van der Waals surface area contributed by atoms with Crippen LogP contribution in [0.3, 0.4) is 0 Å². The lowest BCUT2D eigenvalue weighted by atomic mass is 10.2. The average molecular weight is 429 g/mol. The molecule has 0 aromatic rings. The molecule has 1 amide bonds. The molecule has 0 radical (unpaired) electrons. The number of guanidine groups is 1. The first-order valence-corrected chi connectivity index (χ1v) is 11.1. The van der Waals surface area contributed by atoms with E-state index in [4.69, 9.17) is 14.5 Å². The summed E-state index contributed by atoms with van der Waals surface area (Å²) in [6.45, 7) is 17.0. The summed E-state index contributed by atoms with van der Waals surface area (Å²) in [5.41, 5.74) is -0.447. The number of hydrogen-bond acceptors (Lipinski definition) is 6. The van der Waals surface area contributed by atoms with Gasteiger partial charge in [-0.2, -0.15) is 0 Å². The van der Waals surface area contributed by atoms with E-state index in [1.165, 1.54) is 0 Å². The Labute approximate surface area is 183 Å². The van der Waals surface area contributed by atoms with Gasteiger partial charge in [0, 0.05) is 72.6 Å². The topological polar surface area (TPSA) is 81.7 Å². The number of nitrogens with one attached hydrogen (secondary N) is 2. The number of methoxy groups -OCH3 is 1. The van der Waals surface area contributed by atoms with Crippen molar-refractivity contribution < 1.29 is 14.3 Å². The van der Waals surface area contributed by atoms with E-state index in [1.54, 1.807) is 12.0 Å². The van der Waals surface area contributed by atoms with Gasteiger partial charge < -0.3 is 29.9 Å². The highest BCUT2D eigenvalue weighted by molar-refractivity contribution is 5.79. The number of nitrogens with zero attached hydrogens (tertiary/aromatic N) is 4. The number of likely N-dealkylation sites (N-methyl/N-ethyl adjacent to an activating group) is 1. The van der Waals surface area contributed by atoms with Crippen molar-refractivity contribution in [3.63, 3.8) is 0 Å². The molecule has 2 N–H and O–H groups in total. The van der Waals surface area contributed by atoms with Crippen LogP contribution in [0.1, 0.15) is 34.1 Å². The molecule has 1 aliphatic heterocycles. The summed E-state index contributed by atoms with van der Waals surface area (Å²) in [5, 5.41) is 6.70. The first kappa shape index (κ1) is 26.5. The SMILES string of the molecule is CCNC(=NCCN1CCN(C(=O)OC(C)(C)C)CC1)NCCN(C)CCCOC. The Morgan fingerprint density at radius 1 is 1.13 bits per heavy atom. The van der Waals surface area contributed by atoms with Crippen LogP contribution in [0.5, 0.6) is 0 Å². The standard InChI is InChI=1S/C21H44N6O3/c1-7-22-19(23-9-12-25(5)11-8-18-29-6)24-10-13-26-14-16-27(17-15-26)20(28)30-21(2,3)4/h7-18H2,1-6H3,(H2,22,23,24). The Morgan fingerprint density at radius 3 is 2.43 bits per heavy atom. The van der Waals surface area contributed by atoms with E-state index in [-0.39, 0.29) is 6.09 Å². The lowest BCUT2D eigenvalue weighted by Crippen LogP contribution is -2.50. The van der Waals surface area contributed by atoms with Crippen LogP contribution in [0.25, 0.3) is 0 Å². The Hall–Kier alpha value is -1.58. The third-order valence-electron chi connectivity index (χ3n) is 4.73. The number of piperazine rings is 1. The smallest absolute Gasteiger partial charge is 0.410 e.